The first-order chi connectivity index (χ1) is 19.6. The molecule has 11 heteroatoms. The van der Waals surface area contributed by atoms with Gasteiger partial charge in [-0.05, 0) is 48.0 Å². The Morgan fingerprint density at radius 1 is 0.902 bits per heavy atom. The highest BCUT2D eigenvalue weighted by Gasteiger charge is 2.31. The number of aromatic amines is 1. The molecule has 0 aliphatic rings. The Labute approximate surface area is 241 Å². The second-order valence-corrected chi connectivity index (χ2v) is 9.60. The molecule has 0 aliphatic heterocycles. The summed E-state index contributed by atoms with van der Waals surface area (Å²) < 4.78 is 44.5. The molecule has 41 heavy (non-hydrogen) atoms. The van der Waals surface area contributed by atoms with Gasteiger partial charge in [0.2, 0.25) is 0 Å². The van der Waals surface area contributed by atoms with Gasteiger partial charge in [0.05, 0.1) is 22.4 Å². The van der Waals surface area contributed by atoms with Crippen LogP contribution < -0.4 is 10.2 Å². The number of nitrogens with one attached hydrogen (secondary N) is 2. The molecule has 206 valence electrons. The number of fused-ring (bicyclic) bond motifs is 1. The maximum atomic E-state index is 13.2. The monoisotopic (exact) mass is 595 g/mol. The van der Waals surface area contributed by atoms with Crippen molar-refractivity contribution in [1.29, 1.82) is 0 Å². The topological polar surface area (TPSA) is 83.5 Å². The van der Waals surface area contributed by atoms with Crippen LogP contribution in [0.1, 0.15) is 32.0 Å². The van der Waals surface area contributed by atoms with Crippen LogP contribution in [0.2, 0.25) is 10.0 Å². The third-order valence-corrected chi connectivity index (χ3v) is 6.54. The number of hydrogen-bond donors (Lipinski definition) is 2. The predicted octanol–water partition coefficient (Wildman–Crippen LogP) is 8.14. The van der Waals surface area contributed by atoms with Crippen molar-refractivity contribution in [3.63, 3.8) is 0 Å². The molecule has 0 atom stereocenters. The van der Waals surface area contributed by atoms with Gasteiger partial charge in [-0.2, -0.15) is 18.3 Å². The van der Waals surface area contributed by atoms with E-state index in [-0.39, 0.29) is 17.0 Å². The van der Waals surface area contributed by atoms with Crippen molar-refractivity contribution in [3.8, 4) is 16.9 Å². The van der Waals surface area contributed by atoms with Gasteiger partial charge in [0.1, 0.15) is 11.4 Å². The van der Waals surface area contributed by atoms with E-state index in [2.05, 4.69) is 15.5 Å². The average Bonchev–Trinajstić information content (AvgIpc) is 3.34. The second-order valence-electron chi connectivity index (χ2n) is 8.76. The molecule has 0 radical (unpaired) electrons. The summed E-state index contributed by atoms with van der Waals surface area (Å²) in [6.45, 7) is 0. The fraction of sp³-hybridized carbons (Fsp3) is 0.0333. The van der Waals surface area contributed by atoms with E-state index in [0.717, 1.165) is 17.7 Å². The lowest BCUT2D eigenvalue weighted by atomic mass is 10.0. The first-order valence-electron chi connectivity index (χ1n) is 12.0. The van der Waals surface area contributed by atoms with Gasteiger partial charge >= 0.3 is 12.1 Å². The normalized spacial score (nSPS) is 11.6. The van der Waals surface area contributed by atoms with Crippen molar-refractivity contribution in [2.24, 2.45) is 5.10 Å². The molecule has 5 rings (SSSR count). The van der Waals surface area contributed by atoms with E-state index in [9.17, 15) is 22.8 Å². The number of nitrogens with zero attached hydrogens (tertiary/aromatic N) is 1. The third-order valence-electron chi connectivity index (χ3n) is 6.02. The fourth-order valence-electron chi connectivity index (χ4n) is 4.19. The van der Waals surface area contributed by atoms with Crippen LogP contribution >= 0.6 is 23.2 Å². The fourth-order valence-corrected chi connectivity index (χ4v) is 4.78. The van der Waals surface area contributed by atoms with Crippen LogP contribution in [0.4, 0.5) is 13.2 Å². The lowest BCUT2D eigenvalue weighted by Gasteiger charge is -2.10. The van der Waals surface area contributed by atoms with E-state index in [1.807, 2.05) is 30.3 Å². The molecule has 0 saturated heterocycles. The molecule has 5 aromatic rings. The summed E-state index contributed by atoms with van der Waals surface area (Å²) in [5.41, 5.74) is 3.55. The predicted molar refractivity (Wildman–Crippen MR) is 152 cm³/mol. The SMILES string of the molecule is O=C(Oc1ccccc1C=NNC(=O)c1[nH]c2cc(Cl)cc(Cl)c2c1-c1ccccc1)c1cccc(C(F)(F)F)c1. The van der Waals surface area contributed by atoms with E-state index < -0.39 is 23.6 Å². The summed E-state index contributed by atoms with van der Waals surface area (Å²) in [4.78, 5) is 28.9. The average molecular weight is 596 g/mol. The van der Waals surface area contributed by atoms with Crippen LogP contribution in [0.15, 0.2) is 96.1 Å². The standard InChI is InChI=1S/C30H18Cl2F3N3O3/c31-21-14-22(32)26-23(15-21)37-27(25(26)17-7-2-1-3-8-17)28(39)38-36-16-19-9-4-5-12-24(19)41-29(40)18-10-6-11-20(13-18)30(33,34)35/h1-16,37H,(H,38,39). The summed E-state index contributed by atoms with van der Waals surface area (Å²) in [5, 5.41) is 5.38. The molecule has 6 nitrogen and oxygen atoms in total. The van der Waals surface area contributed by atoms with E-state index in [0.29, 0.717) is 38.1 Å². The molecule has 1 heterocycles. The number of hydrogen-bond acceptors (Lipinski definition) is 4. The van der Waals surface area contributed by atoms with Crippen molar-refractivity contribution < 1.29 is 27.5 Å². The lowest BCUT2D eigenvalue weighted by Crippen LogP contribution is -2.19. The maximum absolute atomic E-state index is 13.2. The number of alkyl halides is 3. The third kappa shape index (κ3) is 6.11. The molecule has 0 bridgehead atoms. The number of esters is 1. The Morgan fingerprint density at radius 3 is 2.39 bits per heavy atom. The van der Waals surface area contributed by atoms with Crippen LogP contribution in [-0.2, 0) is 6.18 Å². The van der Waals surface area contributed by atoms with Crippen LogP contribution in [0.25, 0.3) is 22.0 Å². The molecule has 1 amide bonds. The summed E-state index contributed by atoms with van der Waals surface area (Å²) in [7, 11) is 0. The molecule has 2 N–H and O–H groups in total. The minimum Gasteiger partial charge on any atom is -0.422 e. The zero-order chi connectivity index (χ0) is 29.1. The molecular formula is C30H18Cl2F3N3O3. The van der Waals surface area contributed by atoms with Gasteiger partial charge in [0.15, 0.2) is 0 Å². The number of hydrazone groups is 1. The van der Waals surface area contributed by atoms with Crippen LogP contribution in [-0.4, -0.2) is 23.1 Å². The van der Waals surface area contributed by atoms with Crippen molar-refractivity contribution >= 4 is 52.2 Å². The van der Waals surface area contributed by atoms with Gasteiger partial charge in [-0.15, -0.1) is 0 Å². The van der Waals surface area contributed by atoms with Crippen molar-refractivity contribution in [1.82, 2.24) is 10.4 Å². The lowest BCUT2D eigenvalue weighted by molar-refractivity contribution is -0.137. The van der Waals surface area contributed by atoms with Gasteiger partial charge < -0.3 is 9.72 Å². The first-order valence-corrected chi connectivity index (χ1v) is 12.8. The number of para-hydroxylation sites is 1. The number of benzene rings is 4. The highest BCUT2D eigenvalue weighted by molar-refractivity contribution is 6.40. The van der Waals surface area contributed by atoms with E-state index >= 15 is 0 Å². The number of rotatable bonds is 6. The van der Waals surface area contributed by atoms with Gasteiger partial charge in [-0.25, -0.2) is 10.2 Å². The summed E-state index contributed by atoms with van der Waals surface area (Å²) in [6.07, 6.45) is -3.36. The van der Waals surface area contributed by atoms with Crippen molar-refractivity contribution in [2.75, 3.05) is 0 Å². The molecule has 4 aromatic carbocycles. The Morgan fingerprint density at radius 2 is 1.63 bits per heavy atom. The quantitative estimate of drug-likeness (QED) is 0.0899. The molecular weight excluding hydrogens is 578 g/mol. The van der Waals surface area contributed by atoms with E-state index in [4.69, 9.17) is 27.9 Å². The minimum atomic E-state index is -4.61. The second kappa shape index (κ2) is 11.5. The smallest absolute Gasteiger partial charge is 0.416 e. The summed E-state index contributed by atoms with van der Waals surface area (Å²) in [5.74, 6) is -1.53. The van der Waals surface area contributed by atoms with Crippen LogP contribution in [0.3, 0.4) is 0 Å². The number of aromatic nitrogens is 1. The summed E-state index contributed by atoms with van der Waals surface area (Å²) in [6, 6.07) is 22.6. The van der Waals surface area contributed by atoms with Crippen molar-refractivity contribution in [3.05, 3.63) is 123 Å². The number of amides is 1. The zero-order valence-electron chi connectivity index (χ0n) is 20.8. The summed E-state index contributed by atoms with van der Waals surface area (Å²) >= 11 is 12.7. The van der Waals surface area contributed by atoms with Gasteiger partial charge in [-0.3, -0.25) is 4.79 Å². The highest BCUT2D eigenvalue weighted by Crippen LogP contribution is 2.38. The zero-order valence-corrected chi connectivity index (χ0v) is 22.3. The number of H-pyrrole nitrogens is 1. The highest BCUT2D eigenvalue weighted by atomic mass is 35.5. The Kier molecular flexibility index (Phi) is 7.83. The molecule has 0 saturated carbocycles. The van der Waals surface area contributed by atoms with Gasteiger partial charge in [0, 0.05) is 27.1 Å². The largest absolute Gasteiger partial charge is 0.422 e. The van der Waals surface area contributed by atoms with Crippen LogP contribution in [0.5, 0.6) is 5.75 Å². The number of carbonyl (C=O) groups excluding carboxylic acids is 2. The van der Waals surface area contributed by atoms with Gasteiger partial charge in [0.25, 0.3) is 5.91 Å². The van der Waals surface area contributed by atoms with Crippen LogP contribution in [0, 0.1) is 0 Å². The molecule has 0 fully saturated rings. The Bertz CT molecular complexity index is 1800. The Balaban J connectivity index is 1.39. The molecule has 0 spiro atoms. The molecule has 0 aliphatic carbocycles. The Hall–Kier alpha value is -4.60. The van der Waals surface area contributed by atoms with E-state index in [1.165, 1.54) is 18.3 Å². The number of halogens is 5. The van der Waals surface area contributed by atoms with E-state index in [1.54, 1.807) is 30.3 Å². The molecule has 0 unspecified atom stereocenters. The number of ether oxygens (including phenoxy) is 1. The molecule has 1 aromatic heterocycles. The maximum Gasteiger partial charge on any atom is 0.416 e. The van der Waals surface area contributed by atoms with Crippen molar-refractivity contribution in [2.45, 2.75) is 6.18 Å². The first kappa shape index (κ1) is 27.9. The minimum absolute atomic E-state index is 0.0323. The van der Waals surface area contributed by atoms with Gasteiger partial charge in [-0.1, -0.05) is 71.7 Å². The number of carbonyl (C=O) groups is 2.